The van der Waals surface area contributed by atoms with Crippen LogP contribution in [0.3, 0.4) is 0 Å². The zero-order chi connectivity index (χ0) is 11.4. The van der Waals surface area contributed by atoms with E-state index in [4.69, 9.17) is 0 Å². The largest absolute Gasteiger partial charge is 0.326 e. The Balaban J connectivity index is 1.96. The predicted octanol–water partition coefficient (Wildman–Crippen LogP) is 1.33. The maximum atomic E-state index is 11.9. The average Bonchev–Trinajstić information content (AvgIpc) is 2.30. The number of hydrogen-bond acceptors (Lipinski definition) is 3. The molecule has 1 amide bonds. The number of amides is 1. The lowest BCUT2D eigenvalue weighted by Gasteiger charge is -2.21. The van der Waals surface area contributed by atoms with Crippen LogP contribution in [-0.2, 0) is 4.79 Å². The third-order valence-electron chi connectivity index (χ3n) is 2.83. The van der Waals surface area contributed by atoms with Crippen molar-refractivity contribution in [1.29, 1.82) is 0 Å². The van der Waals surface area contributed by atoms with Gasteiger partial charge in [-0.15, -0.1) is 0 Å². The summed E-state index contributed by atoms with van der Waals surface area (Å²) < 4.78 is 0. The van der Waals surface area contributed by atoms with Crippen LogP contribution in [0.4, 0.5) is 5.69 Å². The first-order valence-corrected chi connectivity index (χ1v) is 5.70. The number of carbonyl (C=O) groups is 1. The Morgan fingerprint density at radius 3 is 3.19 bits per heavy atom. The Labute approximate surface area is 95.5 Å². The van der Waals surface area contributed by atoms with Gasteiger partial charge in [-0.25, -0.2) is 0 Å². The summed E-state index contributed by atoms with van der Waals surface area (Å²) in [6.07, 6.45) is 3.76. The molecule has 1 atom stereocenters. The molecule has 1 aromatic heterocycles. The van der Waals surface area contributed by atoms with E-state index in [2.05, 4.69) is 15.6 Å². The van der Waals surface area contributed by atoms with E-state index < -0.39 is 0 Å². The zero-order valence-corrected chi connectivity index (χ0v) is 9.49. The summed E-state index contributed by atoms with van der Waals surface area (Å²) in [6.45, 7) is 3.73. The third-order valence-corrected chi connectivity index (χ3v) is 2.83. The predicted molar refractivity (Wildman–Crippen MR) is 63.2 cm³/mol. The molecule has 1 aromatic rings. The number of pyridine rings is 1. The van der Waals surface area contributed by atoms with E-state index in [-0.39, 0.29) is 11.8 Å². The van der Waals surface area contributed by atoms with Crippen molar-refractivity contribution in [3.63, 3.8) is 0 Å². The van der Waals surface area contributed by atoms with Crippen LogP contribution < -0.4 is 10.6 Å². The van der Waals surface area contributed by atoms with Gasteiger partial charge in [0.25, 0.3) is 0 Å². The quantitative estimate of drug-likeness (QED) is 0.789. The number of aryl methyl sites for hydroxylation is 1. The van der Waals surface area contributed by atoms with E-state index in [0.29, 0.717) is 0 Å². The van der Waals surface area contributed by atoms with Crippen molar-refractivity contribution in [1.82, 2.24) is 10.3 Å². The van der Waals surface area contributed by atoms with E-state index in [1.54, 1.807) is 6.20 Å². The lowest BCUT2D eigenvalue weighted by molar-refractivity contribution is -0.120. The molecule has 0 aromatic carbocycles. The molecule has 4 heteroatoms. The highest BCUT2D eigenvalue weighted by Gasteiger charge is 2.20. The van der Waals surface area contributed by atoms with Crippen LogP contribution in [-0.4, -0.2) is 24.0 Å². The van der Waals surface area contributed by atoms with Crippen molar-refractivity contribution in [2.75, 3.05) is 18.4 Å². The van der Waals surface area contributed by atoms with Gasteiger partial charge in [0, 0.05) is 24.1 Å². The van der Waals surface area contributed by atoms with Crippen LogP contribution in [0.25, 0.3) is 0 Å². The van der Waals surface area contributed by atoms with Crippen molar-refractivity contribution in [2.45, 2.75) is 19.8 Å². The van der Waals surface area contributed by atoms with Gasteiger partial charge in [0.15, 0.2) is 0 Å². The van der Waals surface area contributed by atoms with Gasteiger partial charge >= 0.3 is 0 Å². The molecule has 0 bridgehead atoms. The molecule has 0 spiro atoms. The molecular weight excluding hydrogens is 202 g/mol. The van der Waals surface area contributed by atoms with Crippen molar-refractivity contribution in [3.05, 3.63) is 24.0 Å². The van der Waals surface area contributed by atoms with Gasteiger partial charge in [0.1, 0.15) is 0 Å². The smallest absolute Gasteiger partial charge is 0.228 e. The molecule has 16 heavy (non-hydrogen) atoms. The van der Waals surface area contributed by atoms with Crippen LogP contribution in [0.2, 0.25) is 0 Å². The Kier molecular flexibility index (Phi) is 3.51. The fourth-order valence-corrected chi connectivity index (χ4v) is 1.94. The molecule has 1 aliphatic heterocycles. The fraction of sp³-hybridized carbons (Fsp3) is 0.500. The second-order valence-corrected chi connectivity index (χ2v) is 4.22. The molecule has 2 rings (SSSR count). The number of nitrogens with one attached hydrogen (secondary N) is 2. The first-order chi connectivity index (χ1) is 7.75. The number of rotatable bonds is 2. The normalized spacial score (nSPS) is 20.4. The molecule has 0 saturated carbocycles. The highest BCUT2D eigenvalue weighted by atomic mass is 16.1. The maximum Gasteiger partial charge on any atom is 0.228 e. The Bertz CT molecular complexity index is 372. The number of anilines is 1. The fourth-order valence-electron chi connectivity index (χ4n) is 1.94. The summed E-state index contributed by atoms with van der Waals surface area (Å²) >= 11 is 0. The SMILES string of the molecule is Cc1cc(NC(=O)[C@@H]2CCCNC2)ccn1. The summed E-state index contributed by atoms with van der Waals surface area (Å²) in [5, 5.41) is 6.17. The first kappa shape index (κ1) is 11.1. The Morgan fingerprint density at radius 2 is 2.50 bits per heavy atom. The van der Waals surface area contributed by atoms with Gasteiger partial charge < -0.3 is 10.6 Å². The molecule has 2 N–H and O–H groups in total. The van der Waals surface area contributed by atoms with Crippen LogP contribution in [0.15, 0.2) is 18.3 Å². The molecule has 1 fully saturated rings. The number of carbonyl (C=O) groups excluding carboxylic acids is 1. The van der Waals surface area contributed by atoms with Gasteiger partial charge in [-0.05, 0) is 38.4 Å². The molecule has 0 unspecified atom stereocenters. The molecule has 0 radical (unpaired) electrons. The maximum absolute atomic E-state index is 11.9. The molecular formula is C12H17N3O. The van der Waals surface area contributed by atoms with Gasteiger partial charge in [-0.3, -0.25) is 9.78 Å². The molecule has 1 aliphatic rings. The van der Waals surface area contributed by atoms with E-state index in [1.165, 1.54) is 0 Å². The van der Waals surface area contributed by atoms with Gasteiger partial charge in [-0.2, -0.15) is 0 Å². The summed E-state index contributed by atoms with van der Waals surface area (Å²) in [6, 6.07) is 3.70. The van der Waals surface area contributed by atoms with Crippen molar-refractivity contribution >= 4 is 11.6 Å². The lowest BCUT2D eigenvalue weighted by atomic mass is 9.99. The van der Waals surface area contributed by atoms with Crippen LogP contribution in [0.5, 0.6) is 0 Å². The number of piperidine rings is 1. The van der Waals surface area contributed by atoms with Crippen LogP contribution in [0, 0.1) is 12.8 Å². The molecule has 0 aliphatic carbocycles. The summed E-state index contributed by atoms with van der Waals surface area (Å²) in [7, 11) is 0. The number of aromatic nitrogens is 1. The Morgan fingerprint density at radius 1 is 1.62 bits per heavy atom. The van der Waals surface area contributed by atoms with Gasteiger partial charge in [-0.1, -0.05) is 0 Å². The van der Waals surface area contributed by atoms with Crippen LogP contribution >= 0.6 is 0 Å². The first-order valence-electron chi connectivity index (χ1n) is 5.70. The van der Waals surface area contributed by atoms with Gasteiger partial charge in [0.2, 0.25) is 5.91 Å². The van der Waals surface area contributed by atoms with E-state index in [9.17, 15) is 4.79 Å². The standard InChI is InChI=1S/C12H17N3O/c1-9-7-11(4-6-14-9)15-12(16)10-3-2-5-13-8-10/h4,6-7,10,13H,2-3,5,8H2,1H3,(H,14,15,16)/t10-/m1/s1. The van der Waals surface area contributed by atoms with Crippen molar-refractivity contribution in [3.8, 4) is 0 Å². The van der Waals surface area contributed by atoms with Crippen molar-refractivity contribution < 1.29 is 4.79 Å². The van der Waals surface area contributed by atoms with Gasteiger partial charge in [0.05, 0.1) is 5.92 Å². The molecule has 1 saturated heterocycles. The summed E-state index contributed by atoms with van der Waals surface area (Å²) in [5.41, 5.74) is 1.75. The monoisotopic (exact) mass is 219 g/mol. The summed E-state index contributed by atoms with van der Waals surface area (Å²) in [5.74, 6) is 0.208. The average molecular weight is 219 g/mol. The minimum atomic E-state index is 0.0993. The molecule has 4 nitrogen and oxygen atoms in total. The second kappa shape index (κ2) is 5.07. The van der Waals surface area contributed by atoms with E-state index in [0.717, 1.165) is 37.3 Å². The Hall–Kier alpha value is -1.42. The molecule has 2 heterocycles. The molecule has 86 valence electrons. The van der Waals surface area contributed by atoms with Crippen molar-refractivity contribution in [2.24, 2.45) is 5.92 Å². The topological polar surface area (TPSA) is 54.0 Å². The highest BCUT2D eigenvalue weighted by Crippen LogP contribution is 2.14. The highest BCUT2D eigenvalue weighted by molar-refractivity contribution is 5.92. The van der Waals surface area contributed by atoms with Crippen LogP contribution in [0.1, 0.15) is 18.5 Å². The minimum absolute atomic E-state index is 0.0993. The minimum Gasteiger partial charge on any atom is -0.326 e. The number of hydrogen-bond donors (Lipinski definition) is 2. The van der Waals surface area contributed by atoms with E-state index >= 15 is 0 Å². The number of nitrogens with zero attached hydrogens (tertiary/aromatic N) is 1. The summed E-state index contributed by atoms with van der Waals surface area (Å²) in [4.78, 5) is 16.0. The van der Waals surface area contributed by atoms with E-state index in [1.807, 2.05) is 19.1 Å². The zero-order valence-electron chi connectivity index (χ0n) is 9.49. The second-order valence-electron chi connectivity index (χ2n) is 4.22. The third kappa shape index (κ3) is 2.79. The lowest BCUT2D eigenvalue weighted by Crippen LogP contribution is -2.37.